The number of carbonyl (C=O) groups is 1. The van der Waals surface area contributed by atoms with E-state index >= 15 is 0 Å². The third kappa shape index (κ3) is 4.32. The lowest BCUT2D eigenvalue weighted by atomic mass is 10.1. The van der Waals surface area contributed by atoms with Gasteiger partial charge < -0.3 is 9.84 Å². The highest BCUT2D eigenvalue weighted by Gasteiger charge is 2.39. The molecule has 0 radical (unpaired) electrons. The molecule has 0 unspecified atom stereocenters. The first kappa shape index (κ1) is 19.0. The molecule has 7 nitrogen and oxygen atoms in total. The molecular formula is C15H13F5N4O3. The highest BCUT2D eigenvalue weighted by Crippen LogP contribution is 2.31. The Hall–Kier alpha value is -2.76. The number of alkyl halides is 3. The molecule has 1 heterocycles. The Morgan fingerprint density at radius 1 is 1.33 bits per heavy atom. The highest BCUT2D eigenvalue weighted by atomic mass is 19.4. The van der Waals surface area contributed by atoms with E-state index in [0.717, 1.165) is 30.0 Å². The van der Waals surface area contributed by atoms with Gasteiger partial charge in [0.15, 0.2) is 0 Å². The molecule has 3 rings (SSSR count). The molecule has 1 saturated carbocycles. The number of rotatable bonds is 5. The summed E-state index contributed by atoms with van der Waals surface area (Å²) < 4.78 is 70.0. The average Bonchev–Trinajstić information content (AvgIpc) is 3.23. The van der Waals surface area contributed by atoms with E-state index in [2.05, 4.69) is 20.0 Å². The molecule has 1 fully saturated rings. The number of carbonyl (C=O) groups excluding carboxylic acids is 1. The predicted molar refractivity (Wildman–Crippen MR) is 78.8 cm³/mol. The molecule has 12 heteroatoms. The van der Waals surface area contributed by atoms with Crippen LogP contribution < -0.4 is 5.32 Å². The van der Waals surface area contributed by atoms with Gasteiger partial charge in [-0.05, 0) is 30.5 Å². The Balaban J connectivity index is 1.81. The molecule has 2 amide bonds. The fourth-order valence-electron chi connectivity index (χ4n) is 2.23. The summed E-state index contributed by atoms with van der Waals surface area (Å²) in [5.74, 6) is -5.02. The topological polar surface area (TPSA) is 80.5 Å². The SMILES string of the molecule is CON(Cc1cc(F)c(-c2noc(C(F)(F)F)n2)c(F)c1)C(=O)NC1CC1. The first-order valence-electron chi connectivity index (χ1n) is 7.70. The van der Waals surface area contributed by atoms with E-state index in [1.165, 1.54) is 7.11 Å². The largest absolute Gasteiger partial charge is 0.471 e. The molecule has 0 saturated heterocycles. The second kappa shape index (κ2) is 7.10. The van der Waals surface area contributed by atoms with Crippen molar-refractivity contribution in [3.63, 3.8) is 0 Å². The van der Waals surface area contributed by atoms with Gasteiger partial charge in [0.2, 0.25) is 5.82 Å². The second-order valence-corrected chi connectivity index (χ2v) is 5.80. The van der Waals surface area contributed by atoms with Crippen LogP contribution in [0.15, 0.2) is 16.7 Å². The summed E-state index contributed by atoms with van der Waals surface area (Å²) in [5.41, 5.74) is -0.856. The lowest BCUT2D eigenvalue weighted by Crippen LogP contribution is -2.39. The molecule has 27 heavy (non-hydrogen) atoms. The van der Waals surface area contributed by atoms with Crippen LogP contribution in [0, 0.1) is 11.6 Å². The van der Waals surface area contributed by atoms with Crippen LogP contribution in [0.1, 0.15) is 24.3 Å². The molecule has 1 aliphatic carbocycles. The summed E-state index contributed by atoms with van der Waals surface area (Å²) in [6, 6.07) is 1.17. The smallest absolute Gasteiger partial charge is 0.333 e. The minimum Gasteiger partial charge on any atom is -0.333 e. The van der Waals surface area contributed by atoms with Gasteiger partial charge in [0.05, 0.1) is 19.2 Å². The Kier molecular flexibility index (Phi) is 5.00. The van der Waals surface area contributed by atoms with Crippen molar-refractivity contribution in [3.05, 3.63) is 35.2 Å². The standard InChI is InChI=1S/C15H13F5N4O3/c1-26-24(14(25)21-8-2-3-8)6-7-4-9(16)11(10(17)5-7)12-22-13(27-23-12)15(18,19)20/h4-5,8H,2-3,6H2,1H3,(H,21,25). The third-order valence-electron chi connectivity index (χ3n) is 3.67. The number of benzene rings is 1. The Labute approximate surface area is 149 Å². The van der Waals surface area contributed by atoms with Crippen LogP contribution in [0.25, 0.3) is 11.4 Å². The first-order chi connectivity index (χ1) is 12.7. The number of hydrogen-bond donors (Lipinski definition) is 1. The Morgan fingerprint density at radius 3 is 2.44 bits per heavy atom. The van der Waals surface area contributed by atoms with E-state index in [1.54, 1.807) is 0 Å². The van der Waals surface area contributed by atoms with Crippen LogP contribution in [0.2, 0.25) is 0 Å². The second-order valence-electron chi connectivity index (χ2n) is 5.80. The van der Waals surface area contributed by atoms with Crippen molar-refractivity contribution < 1.29 is 36.1 Å². The zero-order chi connectivity index (χ0) is 19.8. The Bertz CT molecular complexity index is 827. The summed E-state index contributed by atoms with van der Waals surface area (Å²) in [6.07, 6.45) is -3.26. The van der Waals surface area contributed by atoms with E-state index in [4.69, 9.17) is 4.84 Å². The minimum absolute atomic E-state index is 0.0149. The maximum absolute atomic E-state index is 14.3. The number of halogens is 5. The van der Waals surface area contributed by atoms with Crippen molar-refractivity contribution in [2.45, 2.75) is 31.6 Å². The molecule has 1 aromatic carbocycles. The van der Waals surface area contributed by atoms with E-state index in [1.807, 2.05) is 0 Å². The summed E-state index contributed by atoms with van der Waals surface area (Å²) in [4.78, 5) is 19.8. The molecule has 1 aromatic heterocycles. The summed E-state index contributed by atoms with van der Waals surface area (Å²) in [7, 11) is 1.21. The van der Waals surface area contributed by atoms with Gasteiger partial charge >= 0.3 is 18.1 Å². The molecule has 146 valence electrons. The molecule has 2 aromatic rings. The van der Waals surface area contributed by atoms with Gasteiger partial charge in [-0.25, -0.2) is 13.6 Å². The van der Waals surface area contributed by atoms with E-state index in [9.17, 15) is 26.7 Å². The lowest BCUT2D eigenvalue weighted by Gasteiger charge is -2.20. The van der Waals surface area contributed by atoms with Gasteiger partial charge in [0, 0.05) is 6.04 Å². The van der Waals surface area contributed by atoms with Crippen molar-refractivity contribution in [1.82, 2.24) is 20.5 Å². The van der Waals surface area contributed by atoms with Crippen molar-refractivity contribution in [2.75, 3.05) is 7.11 Å². The maximum atomic E-state index is 14.3. The zero-order valence-corrected chi connectivity index (χ0v) is 13.8. The first-order valence-corrected chi connectivity index (χ1v) is 7.70. The van der Waals surface area contributed by atoms with Crippen molar-refractivity contribution >= 4 is 6.03 Å². The van der Waals surface area contributed by atoms with Crippen molar-refractivity contribution in [1.29, 1.82) is 0 Å². The molecule has 0 aliphatic heterocycles. The summed E-state index contributed by atoms with van der Waals surface area (Å²) in [6.45, 7) is -0.288. The lowest BCUT2D eigenvalue weighted by molar-refractivity contribution is -0.159. The van der Waals surface area contributed by atoms with Gasteiger partial charge in [-0.3, -0.25) is 4.84 Å². The van der Waals surface area contributed by atoms with E-state index in [-0.39, 0.29) is 18.2 Å². The highest BCUT2D eigenvalue weighted by molar-refractivity contribution is 5.73. The van der Waals surface area contributed by atoms with Gasteiger partial charge in [-0.1, -0.05) is 5.16 Å². The van der Waals surface area contributed by atoms with Crippen LogP contribution in [0.5, 0.6) is 0 Å². The fraction of sp³-hybridized carbons (Fsp3) is 0.400. The van der Waals surface area contributed by atoms with Crippen LogP contribution in [-0.4, -0.2) is 34.4 Å². The minimum atomic E-state index is -4.94. The predicted octanol–water partition coefficient (Wildman–Crippen LogP) is 3.27. The quantitative estimate of drug-likeness (QED) is 0.624. The summed E-state index contributed by atoms with van der Waals surface area (Å²) in [5, 5.41) is 6.47. The van der Waals surface area contributed by atoms with Crippen LogP contribution in [-0.2, 0) is 17.6 Å². The Morgan fingerprint density at radius 2 is 1.96 bits per heavy atom. The number of aromatic nitrogens is 2. The molecule has 1 aliphatic rings. The van der Waals surface area contributed by atoms with Crippen molar-refractivity contribution in [3.8, 4) is 11.4 Å². The third-order valence-corrected chi connectivity index (χ3v) is 3.67. The number of hydrogen-bond acceptors (Lipinski definition) is 5. The van der Waals surface area contributed by atoms with E-state index < -0.39 is 41.1 Å². The molecular weight excluding hydrogens is 379 g/mol. The molecule has 1 N–H and O–H groups in total. The number of amides is 2. The fourth-order valence-corrected chi connectivity index (χ4v) is 2.23. The average molecular weight is 392 g/mol. The van der Waals surface area contributed by atoms with Crippen LogP contribution in [0.4, 0.5) is 26.7 Å². The normalized spacial score (nSPS) is 14.3. The number of hydroxylamine groups is 2. The number of urea groups is 1. The molecule has 0 spiro atoms. The summed E-state index contributed by atoms with van der Waals surface area (Å²) >= 11 is 0. The number of nitrogens with one attached hydrogen (secondary N) is 1. The molecule has 0 bridgehead atoms. The zero-order valence-electron chi connectivity index (χ0n) is 13.8. The van der Waals surface area contributed by atoms with Gasteiger partial charge in [0.1, 0.15) is 11.6 Å². The maximum Gasteiger partial charge on any atom is 0.471 e. The van der Waals surface area contributed by atoms with Gasteiger partial charge in [0.25, 0.3) is 0 Å². The monoisotopic (exact) mass is 392 g/mol. The van der Waals surface area contributed by atoms with Gasteiger partial charge in [-0.2, -0.15) is 23.2 Å². The van der Waals surface area contributed by atoms with Crippen molar-refractivity contribution in [2.24, 2.45) is 0 Å². The van der Waals surface area contributed by atoms with E-state index in [0.29, 0.717) is 0 Å². The van der Waals surface area contributed by atoms with Crippen LogP contribution >= 0.6 is 0 Å². The van der Waals surface area contributed by atoms with Gasteiger partial charge in [-0.15, -0.1) is 0 Å². The molecule has 0 atom stereocenters. The van der Waals surface area contributed by atoms with Crippen LogP contribution in [0.3, 0.4) is 0 Å². The number of nitrogens with zero attached hydrogens (tertiary/aromatic N) is 3.